The minimum absolute atomic E-state index is 0.283. The van der Waals surface area contributed by atoms with Crippen LogP contribution in [0.4, 0.5) is 0 Å². The molecule has 5 nitrogen and oxygen atoms in total. The first-order valence-electron chi connectivity index (χ1n) is 11.6. The van der Waals surface area contributed by atoms with Gasteiger partial charge in [-0.2, -0.15) is 0 Å². The van der Waals surface area contributed by atoms with Crippen molar-refractivity contribution in [1.82, 2.24) is 0 Å². The van der Waals surface area contributed by atoms with Crippen LogP contribution in [0.5, 0.6) is 0 Å². The molecule has 0 unspecified atom stereocenters. The summed E-state index contributed by atoms with van der Waals surface area (Å²) in [5.41, 5.74) is 11.1. The molecule has 5 heteroatoms. The van der Waals surface area contributed by atoms with Crippen LogP contribution in [0.15, 0.2) is 24.3 Å². The van der Waals surface area contributed by atoms with Crippen molar-refractivity contribution in [3.8, 4) is 0 Å². The Labute approximate surface area is 178 Å². The number of rotatable bonds is 19. The number of hydrogen-bond acceptors (Lipinski definition) is 5. The summed E-state index contributed by atoms with van der Waals surface area (Å²) in [5, 5.41) is 0. The van der Waals surface area contributed by atoms with Gasteiger partial charge in [0.2, 0.25) is 0 Å². The molecule has 29 heavy (non-hydrogen) atoms. The summed E-state index contributed by atoms with van der Waals surface area (Å²) in [6.45, 7) is 2.81. The van der Waals surface area contributed by atoms with E-state index >= 15 is 0 Å². The molecule has 0 aliphatic heterocycles. The van der Waals surface area contributed by atoms with Crippen LogP contribution >= 0.6 is 0 Å². The Kier molecular flexibility index (Phi) is 20.2. The molecule has 168 valence electrons. The van der Waals surface area contributed by atoms with E-state index < -0.39 is 18.0 Å². The van der Waals surface area contributed by atoms with Gasteiger partial charge in [0.25, 0.3) is 0 Å². The van der Waals surface area contributed by atoms with E-state index in [-0.39, 0.29) is 6.42 Å². The maximum absolute atomic E-state index is 11.7. The van der Waals surface area contributed by atoms with Crippen LogP contribution in [0.25, 0.3) is 0 Å². The second-order valence-corrected chi connectivity index (χ2v) is 7.66. The molecule has 0 rings (SSSR count). The number of carbonyl (C=O) groups is 2. The normalized spacial score (nSPS) is 12.7. The van der Waals surface area contributed by atoms with Crippen LogP contribution in [-0.4, -0.2) is 24.5 Å². The van der Waals surface area contributed by atoms with Crippen molar-refractivity contribution in [2.24, 2.45) is 11.5 Å². The Balaban J connectivity index is 3.50. The molecule has 0 bridgehead atoms. The van der Waals surface area contributed by atoms with E-state index in [9.17, 15) is 9.59 Å². The Morgan fingerprint density at radius 3 is 2.10 bits per heavy atom. The molecule has 4 N–H and O–H groups in total. The van der Waals surface area contributed by atoms with Crippen molar-refractivity contribution >= 4 is 11.9 Å². The molecule has 0 heterocycles. The lowest BCUT2D eigenvalue weighted by atomic mass is 10.1. The predicted octanol–water partition coefficient (Wildman–Crippen LogP) is 5.33. The van der Waals surface area contributed by atoms with Crippen molar-refractivity contribution in [2.75, 3.05) is 6.54 Å². The molecule has 0 saturated heterocycles. The van der Waals surface area contributed by atoms with Crippen molar-refractivity contribution in [1.29, 1.82) is 0 Å². The van der Waals surface area contributed by atoms with Gasteiger partial charge in [-0.25, -0.2) is 4.79 Å². The average molecular weight is 409 g/mol. The number of carbonyl (C=O) groups excluding carboxylic acids is 2. The lowest BCUT2D eigenvalue weighted by Gasteiger charge is -2.09. The van der Waals surface area contributed by atoms with Crippen molar-refractivity contribution in [2.45, 2.75) is 109 Å². The first kappa shape index (κ1) is 27.5. The SMILES string of the molecule is CCCCC/C=C\C/C=C\CCCCCCCC(=O)OC(=O)[C@@H](N)CCCCN. The van der Waals surface area contributed by atoms with Gasteiger partial charge in [0.15, 0.2) is 0 Å². The molecule has 0 aromatic rings. The second-order valence-electron chi connectivity index (χ2n) is 7.66. The highest BCUT2D eigenvalue weighted by Crippen LogP contribution is 2.09. The Hall–Kier alpha value is -1.46. The summed E-state index contributed by atoms with van der Waals surface area (Å²) in [7, 11) is 0. The van der Waals surface area contributed by atoms with Crippen LogP contribution < -0.4 is 11.5 Å². The molecule has 0 aromatic carbocycles. The number of hydrogen-bond donors (Lipinski definition) is 2. The molecule has 1 atom stereocenters. The minimum Gasteiger partial charge on any atom is -0.392 e. The number of unbranched alkanes of at least 4 members (excludes halogenated alkanes) is 9. The van der Waals surface area contributed by atoms with Gasteiger partial charge in [0.1, 0.15) is 6.04 Å². The zero-order valence-electron chi connectivity index (χ0n) is 18.6. The number of ether oxygens (including phenoxy) is 1. The van der Waals surface area contributed by atoms with Crippen LogP contribution in [0.3, 0.4) is 0 Å². The Morgan fingerprint density at radius 1 is 0.828 bits per heavy atom. The number of nitrogens with two attached hydrogens (primary N) is 2. The summed E-state index contributed by atoms with van der Waals surface area (Å²) >= 11 is 0. The maximum atomic E-state index is 11.7. The zero-order valence-corrected chi connectivity index (χ0v) is 18.6. The first-order valence-corrected chi connectivity index (χ1v) is 11.6. The fraction of sp³-hybridized carbons (Fsp3) is 0.750. The minimum atomic E-state index is -0.727. The standard InChI is InChI=1S/C24H44N2O3/c1-2-3-4-5-6-7-8-9-10-11-12-13-14-15-16-20-23(27)29-24(28)22(26)19-17-18-21-25/h6-7,9-10,22H,2-5,8,11-21,25-26H2,1H3/b7-6-,10-9-/t22-/m0/s1. The van der Waals surface area contributed by atoms with E-state index in [0.717, 1.165) is 51.4 Å². The third kappa shape index (κ3) is 19.6. The number of esters is 2. The van der Waals surface area contributed by atoms with E-state index in [1.165, 1.54) is 32.1 Å². The largest absolute Gasteiger partial charge is 0.392 e. The van der Waals surface area contributed by atoms with Crippen LogP contribution in [0.1, 0.15) is 103 Å². The monoisotopic (exact) mass is 408 g/mol. The van der Waals surface area contributed by atoms with Gasteiger partial charge >= 0.3 is 11.9 Å². The molecule has 0 saturated carbocycles. The van der Waals surface area contributed by atoms with Gasteiger partial charge in [0, 0.05) is 6.42 Å². The third-order valence-electron chi connectivity index (χ3n) is 4.82. The first-order chi connectivity index (χ1) is 14.1. The highest BCUT2D eigenvalue weighted by molar-refractivity contribution is 5.88. The van der Waals surface area contributed by atoms with Crippen molar-refractivity contribution in [3.05, 3.63) is 24.3 Å². The molecule has 0 amide bonds. The lowest BCUT2D eigenvalue weighted by molar-refractivity contribution is -0.160. The van der Waals surface area contributed by atoms with Crippen molar-refractivity contribution in [3.63, 3.8) is 0 Å². The van der Waals surface area contributed by atoms with Gasteiger partial charge in [-0.3, -0.25) is 4.79 Å². The van der Waals surface area contributed by atoms with Crippen LogP contribution in [0.2, 0.25) is 0 Å². The average Bonchev–Trinajstić information content (AvgIpc) is 2.70. The Bertz CT molecular complexity index is 461. The van der Waals surface area contributed by atoms with Crippen LogP contribution in [0, 0.1) is 0 Å². The summed E-state index contributed by atoms with van der Waals surface area (Å²) in [4.78, 5) is 23.4. The summed E-state index contributed by atoms with van der Waals surface area (Å²) < 4.78 is 4.81. The summed E-state index contributed by atoms with van der Waals surface area (Å²) in [6, 6.07) is -0.727. The highest BCUT2D eigenvalue weighted by Gasteiger charge is 2.18. The maximum Gasteiger partial charge on any atom is 0.330 e. The quantitative estimate of drug-likeness (QED) is 0.130. The van der Waals surface area contributed by atoms with Crippen molar-refractivity contribution < 1.29 is 14.3 Å². The van der Waals surface area contributed by atoms with E-state index in [4.69, 9.17) is 16.2 Å². The fourth-order valence-electron chi connectivity index (χ4n) is 2.95. The van der Waals surface area contributed by atoms with Gasteiger partial charge in [-0.15, -0.1) is 0 Å². The van der Waals surface area contributed by atoms with Crippen LogP contribution in [-0.2, 0) is 14.3 Å². The Morgan fingerprint density at radius 2 is 1.45 bits per heavy atom. The third-order valence-corrected chi connectivity index (χ3v) is 4.82. The molecule has 0 fully saturated rings. The second kappa shape index (κ2) is 21.3. The molecular weight excluding hydrogens is 364 g/mol. The van der Waals surface area contributed by atoms with E-state index in [1.807, 2.05) is 0 Å². The predicted molar refractivity (Wildman–Crippen MR) is 121 cm³/mol. The summed E-state index contributed by atoms with van der Waals surface area (Å²) in [5.74, 6) is -1.08. The van der Waals surface area contributed by atoms with Gasteiger partial charge in [0.05, 0.1) is 0 Å². The van der Waals surface area contributed by atoms with Gasteiger partial charge in [-0.05, 0) is 57.9 Å². The zero-order chi connectivity index (χ0) is 21.6. The van der Waals surface area contributed by atoms with Gasteiger partial charge < -0.3 is 16.2 Å². The van der Waals surface area contributed by atoms with E-state index in [1.54, 1.807) is 0 Å². The molecule has 0 aliphatic rings. The molecule has 0 aliphatic carbocycles. The smallest absolute Gasteiger partial charge is 0.330 e. The molecular formula is C24H44N2O3. The molecule has 0 aromatic heterocycles. The topological polar surface area (TPSA) is 95.4 Å². The van der Waals surface area contributed by atoms with Gasteiger partial charge in [-0.1, -0.05) is 69.8 Å². The molecule has 0 spiro atoms. The highest BCUT2D eigenvalue weighted by atomic mass is 16.6. The fourth-order valence-corrected chi connectivity index (χ4v) is 2.95. The molecule has 0 radical (unpaired) electrons. The lowest BCUT2D eigenvalue weighted by Crippen LogP contribution is -2.33. The number of allylic oxidation sites excluding steroid dienone is 4. The van der Waals surface area contributed by atoms with E-state index in [0.29, 0.717) is 13.0 Å². The summed E-state index contributed by atoms with van der Waals surface area (Å²) in [6.07, 6.45) is 23.8. The van der Waals surface area contributed by atoms with E-state index in [2.05, 4.69) is 31.2 Å².